The number of nitrogens with one attached hydrogen (secondary N) is 1. The first-order chi connectivity index (χ1) is 8.24. The monoisotopic (exact) mass is 227 g/mol. The van der Waals surface area contributed by atoms with Crippen LogP contribution in [-0.4, -0.2) is 25.7 Å². The van der Waals surface area contributed by atoms with E-state index in [0.717, 1.165) is 16.9 Å². The maximum absolute atomic E-state index is 10.7. The van der Waals surface area contributed by atoms with Gasteiger partial charge in [-0.1, -0.05) is 12.1 Å². The fourth-order valence-corrected chi connectivity index (χ4v) is 1.75. The molecule has 3 aromatic rings. The molecule has 84 valence electrons. The number of aromatic carboxylic acids is 1. The summed E-state index contributed by atoms with van der Waals surface area (Å²) in [5, 5.41) is 12.0. The number of aromatic amines is 1. The Labute approximate surface area is 96.3 Å². The second kappa shape index (κ2) is 3.48. The van der Waals surface area contributed by atoms with Crippen molar-refractivity contribution >= 4 is 11.6 Å². The average molecular weight is 227 g/mol. The first-order valence-electron chi connectivity index (χ1n) is 5.10. The summed E-state index contributed by atoms with van der Waals surface area (Å²) < 4.78 is 1.81. The molecule has 0 fully saturated rings. The van der Waals surface area contributed by atoms with Crippen LogP contribution < -0.4 is 0 Å². The second-order valence-electron chi connectivity index (χ2n) is 3.71. The van der Waals surface area contributed by atoms with Gasteiger partial charge >= 0.3 is 5.97 Å². The van der Waals surface area contributed by atoms with E-state index >= 15 is 0 Å². The van der Waals surface area contributed by atoms with Gasteiger partial charge in [0.15, 0.2) is 5.65 Å². The predicted octanol–water partition coefficient (Wildman–Crippen LogP) is 2.03. The van der Waals surface area contributed by atoms with Gasteiger partial charge < -0.3 is 5.11 Å². The van der Waals surface area contributed by atoms with Crippen LogP contribution in [0.4, 0.5) is 0 Å². The lowest BCUT2D eigenvalue weighted by atomic mass is 10.1. The molecule has 3 rings (SSSR count). The molecule has 0 aliphatic carbocycles. The zero-order valence-corrected chi connectivity index (χ0v) is 8.79. The van der Waals surface area contributed by atoms with E-state index < -0.39 is 5.97 Å². The van der Waals surface area contributed by atoms with Crippen molar-refractivity contribution in [2.75, 3.05) is 0 Å². The number of carboxylic acids is 1. The minimum Gasteiger partial charge on any atom is -0.478 e. The van der Waals surface area contributed by atoms with Gasteiger partial charge in [0.1, 0.15) is 0 Å². The van der Waals surface area contributed by atoms with Crippen LogP contribution in [0.1, 0.15) is 10.4 Å². The molecule has 2 heterocycles. The third kappa shape index (κ3) is 1.57. The molecule has 0 saturated heterocycles. The van der Waals surface area contributed by atoms with Crippen LogP contribution in [0, 0.1) is 0 Å². The van der Waals surface area contributed by atoms with Crippen LogP contribution >= 0.6 is 0 Å². The molecule has 5 heteroatoms. The molecule has 1 aromatic carbocycles. The predicted molar refractivity (Wildman–Crippen MR) is 61.9 cm³/mol. The van der Waals surface area contributed by atoms with Gasteiger partial charge in [-0.15, -0.1) is 0 Å². The first kappa shape index (κ1) is 9.65. The minimum atomic E-state index is -0.919. The molecule has 0 unspecified atom stereocenters. The highest BCUT2D eigenvalue weighted by Crippen LogP contribution is 2.19. The highest BCUT2D eigenvalue weighted by atomic mass is 16.4. The summed E-state index contributed by atoms with van der Waals surface area (Å²) in [5.74, 6) is -0.919. The maximum Gasteiger partial charge on any atom is 0.335 e. The number of H-pyrrole nitrogens is 1. The third-order valence-corrected chi connectivity index (χ3v) is 2.63. The number of rotatable bonds is 2. The van der Waals surface area contributed by atoms with E-state index in [-0.39, 0.29) is 5.56 Å². The molecular weight excluding hydrogens is 218 g/mol. The fourth-order valence-electron chi connectivity index (χ4n) is 1.75. The van der Waals surface area contributed by atoms with Crippen molar-refractivity contribution in [3.63, 3.8) is 0 Å². The number of imidazole rings is 1. The Morgan fingerprint density at radius 3 is 2.71 bits per heavy atom. The molecule has 0 radical (unpaired) electrons. The zero-order valence-electron chi connectivity index (χ0n) is 8.79. The quantitative estimate of drug-likeness (QED) is 0.703. The average Bonchev–Trinajstić information content (AvgIpc) is 2.89. The molecule has 0 saturated carbocycles. The van der Waals surface area contributed by atoms with Crippen molar-refractivity contribution in [2.24, 2.45) is 0 Å². The van der Waals surface area contributed by atoms with Gasteiger partial charge in [-0.05, 0) is 17.7 Å². The van der Waals surface area contributed by atoms with Crippen LogP contribution in [0.25, 0.3) is 16.9 Å². The summed E-state index contributed by atoms with van der Waals surface area (Å²) in [6.07, 6.45) is 3.54. The van der Waals surface area contributed by atoms with Crippen molar-refractivity contribution in [3.8, 4) is 11.3 Å². The number of hydrogen-bond acceptors (Lipinski definition) is 2. The molecule has 2 aromatic heterocycles. The van der Waals surface area contributed by atoms with Crippen molar-refractivity contribution < 1.29 is 9.90 Å². The number of carbonyl (C=O) groups is 1. The highest BCUT2D eigenvalue weighted by molar-refractivity contribution is 5.88. The van der Waals surface area contributed by atoms with Gasteiger partial charge in [0.2, 0.25) is 0 Å². The Hall–Kier alpha value is -2.56. The van der Waals surface area contributed by atoms with Gasteiger partial charge in [-0.25, -0.2) is 14.3 Å². The number of fused-ring (bicyclic) bond motifs is 1. The summed E-state index contributed by atoms with van der Waals surface area (Å²) >= 11 is 0. The summed E-state index contributed by atoms with van der Waals surface area (Å²) in [5.41, 5.74) is 2.96. The molecule has 0 atom stereocenters. The van der Waals surface area contributed by atoms with Gasteiger partial charge in [0.05, 0.1) is 11.3 Å². The number of benzene rings is 1. The summed E-state index contributed by atoms with van der Waals surface area (Å²) in [6, 6.07) is 8.63. The van der Waals surface area contributed by atoms with Crippen LogP contribution in [0.3, 0.4) is 0 Å². The Morgan fingerprint density at radius 2 is 2.06 bits per heavy atom. The standard InChI is InChI=1S/C12H9N3O2/c16-12(17)9-3-1-8(2-4-9)10-7-11-13-5-6-15(11)14-10/h1-7,14H,(H,16,17). The SMILES string of the molecule is O=C(O)c1ccc(-c2cc3nccn3[nH]2)cc1. The number of nitrogens with zero attached hydrogens (tertiary/aromatic N) is 2. The van der Waals surface area contributed by atoms with Gasteiger partial charge in [-0.2, -0.15) is 0 Å². The number of carboxylic acid groups (broad SMARTS) is 1. The first-order valence-corrected chi connectivity index (χ1v) is 5.10. The molecule has 5 nitrogen and oxygen atoms in total. The smallest absolute Gasteiger partial charge is 0.335 e. The topological polar surface area (TPSA) is 70.4 Å². The Bertz CT molecular complexity index is 651. The van der Waals surface area contributed by atoms with E-state index in [9.17, 15) is 4.79 Å². The molecule has 0 amide bonds. The van der Waals surface area contributed by atoms with E-state index in [2.05, 4.69) is 10.1 Å². The van der Waals surface area contributed by atoms with Crippen LogP contribution in [0.2, 0.25) is 0 Å². The molecule has 0 spiro atoms. The van der Waals surface area contributed by atoms with Gasteiger partial charge in [0, 0.05) is 18.5 Å². The van der Waals surface area contributed by atoms with Crippen molar-refractivity contribution in [1.29, 1.82) is 0 Å². The van der Waals surface area contributed by atoms with Crippen molar-refractivity contribution in [3.05, 3.63) is 48.3 Å². The summed E-state index contributed by atoms with van der Waals surface area (Å²) in [7, 11) is 0. The Morgan fingerprint density at radius 1 is 1.29 bits per heavy atom. The largest absolute Gasteiger partial charge is 0.478 e. The van der Waals surface area contributed by atoms with Crippen LogP contribution in [0.5, 0.6) is 0 Å². The molecule has 0 aliphatic rings. The second-order valence-corrected chi connectivity index (χ2v) is 3.71. The van der Waals surface area contributed by atoms with Gasteiger partial charge in [-0.3, -0.25) is 5.10 Å². The minimum absolute atomic E-state index is 0.282. The van der Waals surface area contributed by atoms with E-state index in [1.807, 2.05) is 12.3 Å². The number of aromatic nitrogens is 3. The Balaban J connectivity index is 2.03. The molecular formula is C12H9N3O2. The van der Waals surface area contributed by atoms with E-state index in [0.29, 0.717) is 0 Å². The normalized spacial score (nSPS) is 10.8. The van der Waals surface area contributed by atoms with Crippen LogP contribution in [-0.2, 0) is 0 Å². The molecule has 17 heavy (non-hydrogen) atoms. The lowest BCUT2D eigenvalue weighted by Gasteiger charge is -1.98. The lowest BCUT2D eigenvalue weighted by molar-refractivity contribution is 0.0697. The number of hydrogen-bond donors (Lipinski definition) is 2. The van der Waals surface area contributed by atoms with E-state index in [1.54, 1.807) is 35.0 Å². The zero-order chi connectivity index (χ0) is 11.8. The molecule has 0 aliphatic heterocycles. The fraction of sp³-hybridized carbons (Fsp3) is 0. The Kier molecular flexibility index (Phi) is 1.98. The molecule has 0 bridgehead atoms. The van der Waals surface area contributed by atoms with Crippen molar-refractivity contribution in [1.82, 2.24) is 14.6 Å². The summed E-state index contributed by atoms with van der Waals surface area (Å²) in [6.45, 7) is 0. The maximum atomic E-state index is 10.7. The molecule has 2 N–H and O–H groups in total. The summed E-state index contributed by atoms with van der Waals surface area (Å²) in [4.78, 5) is 14.9. The van der Waals surface area contributed by atoms with Gasteiger partial charge in [0.25, 0.3) is 0 Å². The van der Waals surface area contributed by atoms with E-state index in [1.165, 1.54) is 0 Å². The van der Waals surface area contributed by atoms with Crippen LogP contribution in [0.15, 0.2) is 42.7 Å². The van der Waals surface area contributed by atoms with Crippen molar-refractivity contribution in [2.45, 2.75) is 0 Å². The van der Waals surface area contributed by atoms with E-state index in [4.69, 9.17) is 5.11 Å². The highest BCUT2D eigenvalue weighted by Gasteiger charge is 2.05. The lowest BCUT2D eigenvalue weighted by Crippen LogP contribution is -1.95. The third-order valence-electron chi connectivity index (χ3n) is 2.63.